The first kappa shape index (κ1) is 20.0. The zero-order valence-corrected chi connectivity index (χ0v) is 18.2. The molecule has 5 nitrogen and oxygen atoms in total. The molecule has 6 heteroatoms. The van der Waals surface area contributed by atoms with E-state index in [1.54, 1.807) is 6.26 Å². The predicted octanol–water partition coefficient (Wildman–Crippen LogP) is 3.78. The van der Waals surface area contributed by atoms with Crippen LogP contribution in [0.2, 0.25) is 0 Å². The average molecular weight is 472 g/mol. The third-order valence-corrected chi connectivity index (χ3v) is 6.54. The van der Waals surface area contributed by atoms with Crippen LogP contribution in [0.15, 0.2) is 27.8 Å². The summed E-state index contributed by atoms with van der Waals surface area (Å²) in [5.74, 6) is 2.95. The van der Waals surface area contributed by atoms with Gasteiger partial charge >= 0.3 is 0 Å². The molecule has 1 aliphatic heterocycles. The molecule has 0 bridgehead atoms. The lowest BCUT2D eigenvalue weighted by Gasteiger charge is -2.43. The highest BCUT2D eigenvalue weighted by Gasteiger charge is 2.48. The number of nitrogens with zero attached hydrogens (tertiary/aromatic N) is 2. The SMILES string of the molecule is CN=C(NCC(c1ccco1)N1CCCC1)NCC1(C2CC2)CCC1.I. The van der Waals surface area contributed by atoms with Crippen molar-refractivity contribution in [2.45, 2.75) is 51.0 Å². The summed E-state index contributed by atoms with van der Waals surface area (Å²) in [5, 5.41) is 7.17. The Morgan fingerprint density at radius 2 is 2.04 bits per heavy atom. The van der Waals surface area contributed by atoms with Crippen molar-refractivity contribution in [1.29, 1.82) is 0 Å². The highest BCUT2D eigenvalue weighted by atomic mass is 127. The summed E-state index contributed by atoms with van der Waals surface area (Å²) in [7, 11) is 1.87. The number of hydrogen-bond acceptors (Lipinski definition) is 3. The van der Waals surface area contributed by atoms with Gasteiger partial charge in [0.2, 0.25) is 0 Å². The zero-order chi connectivity index (χ0) is 17.1. The van der Waals surface area contributed by atoms with Crippen LogP contribution in [0.1, 0.15) is 56.7 Å². The molecule has 1 aromatic heterocycles. The largest absolute Gasteiger partial charge is 0.468 e. The van der Waals surface area contributed by atoms with Crippen molar-refractivity contribution in [2.24, 2.45) is 16.3 Å². The van der Waals surface area contributed by atoms with E-state index in [9.17, 15) is 0 Å². The summed E-state index contributed by atoms with van der Waals surface area (Å²) < 4.78 is 5.71. The number of halogens is 1. The lowest BCUT2D eigenvalue weighted by atomic mass is 9.65. The Morgan fingerprint density at radius 1 is 1.27 bits per heavy atom. The van der Waals surface area contributed by atoms with Gasteiger partial charge in [0.05, 0.1) is 12.3 Å². The van der Waals surface area contributed by atoms with Gasteiger partial charge in [-0.15, -0.1) is 24.0 Å². The lowest BCUT2D eigenvalue weighted by Crippen LogP contribution is -2.49. The minimum Gasteiger partial charge on any atom is -0.468 e. The first-order valence-electron chi connectivity index (χ1n) is 10.0. The molecule has 3 fully saturated rings. The van der Waals surface area contributed by atoms with E-state index in [1.807, 2.05) is 13.1 Å². The summed E-state index contributed by atoms with van der Waals surface area (Å²) >= 11 is 0. The molecule has 2 saturated carbocycles. The monoisotopic (exact) mass is 472 g/mol. The molecule has 4 rings (SSSR count). The van der Waals surface area contributed by atoms with E-state index < -0.39 is 0 Å². The molecular weight excluding hydrogens is 439 g/mol. The van der Waals surface area contributed by atoms with Crippen molar-refractivity contribution < 1.29 is 4.42 Å². The zero-order valence-electron chi connectivity index (χ0n) is 15.9. The van der Waals surface area contributed by atoms with Crippen LogP contribution in [-0.4, -0.2) is 44.1 Å². The van der Waals surface area contributed by atoms with Gasteiger partial charge in [0.25, 0.3) is 0 Å². The Hall–Kier alpha value is -0.760. The van der Waals surface area contributed by atoms with E-state index in [0.29, 0.717) is 5.41 Å². The van der Waals surface area contributed by atoms with Gasteiger partial charge in [0.15, 0.2) is 5.96 Å². The number of likely N-dealkylation sites (tertiary alicyclic amines) is 1. The third-order valence-electron chi connectivity index (χ3n) is 6.54. The van der Waals surface area contributed by atoms with Crippen molar-refractivity contribution in [3.05, 3.63) is 24.2 Å². The van der Waals surface area contributed by atoms with Crippen molar-refractivity contribution in [1.82, 2.24) is 15.5 Å². The molecule has 0 aromatic carbocycles. The van der Waals surface area contributed by atoms with Crippen molar-refractivity contribution >= 4 is 29.9 Å². The van der Waals surface area contributed by atoms with E-state index >= 15 is 0 Å². The first-order valence-corrected chi connectivity index (χ1v) is 10.0. The van der Waals surface area contributed by atoms with Crippen molar-refractivity contribution in [3.63, 3.8) is 0 Å². The number of furan rings is 1. The van der Waals surface area contributed by atoms with E-state index in [0.717, 1.165) is 43.8 Å². The van der Waals surface area contributed by atoms with Crippen LogP contribution in [0.3, 0.4) is 0 Å². The number of rotatable bonds is 7. The van der Waals surface area contributed by atoms with Gasteiger partial charge < -0.3 is 15.1 Å². The molecule has 2 aliphatic carbocycles. The number of nitrogens with one attached hydrogen (secondary N) is 2. The van der Waals surface area contributed by atoms with Crippen LogP contribution >= 0.6 is 24.0 Å². The van der Waals surface area contributed by atoms with Gasteiger partial charge in [-0.2, -0.15) is 0 Å². The molecule has 0 radical (unpaired) electrons. The van der Waals surface area contributed by atoms with E-state index in [2.05, 4.69) is 26.6 Å². The van der Waals surface area contributed by atoms with Crippen LogP contribution in [0, 0.1) is 11.3 Å². The molecule has 1 saturated heterocycles. The van der Waals surface area contributed by atoms with Gasteiger partial charge in [0.1, 0.15) is 5.76 Å². The second-order valence-corrected chi connectivity index (χ2v) is 8.07. The molecule has 0 spiro atoms. The number of hydrogen-bond donors (Lipinski definition) is 2. The fraction of sp³-hybridized carbons (Fsp3) is 0.750. The highest BCUT2D eigenvalue weighted by Crippen LogP contribution is 2.56. The Bertz CT molecular complexity index is 575. The van der Waals surface area contributed by atoms with Crippen LogP contribution < -0.4 is 10.6 Å². The first-order chi connectivity index (χ1) is 12.3. The second-order valence-electron chi connectivity index (χ2n) is 8.07. The van der Waals surface area contributed by atoms with Crippen LogP contribution in [0.5, 0.6) is 0 Å². The molecule has 146 valence electrons. The second kappa shape index (κ2) is 8.95. The summed E-state index contributed by atoms with van der Waals surface area (Å²) in [6.45, 7) is 4.23. The molecule has 2 heterocycles. The van der Waals surface area contributed by atoms with Gasteiger partial charge in [-0.05, 0) is 75.1 Å². The summed E-state index contributed by atoms with van der Waals surface area (Å²) in [6, 6.07) is 4.37. The molecular formula is C20H33IN4O. The third kappa shape index (κ3) is 4.38. The molecule has 0 amide bonds. The van der Waals surface area contributed by atoms with E-state index in [-0.39, 0.29) is 30.0 Å². The van der Waals surface area contributed by atoms with Crippen LogP contribution in [0.25, 0.3) is 0 Å². The maximum atomic E-state index is 5.71. The van der Waals surface area contributed by atoms with E-state index in [4.69, 9.17) is 4.42 Å². The molecule has 26 heavy (non-hydrogen) atoms. The fourth-order valence-electron chi connectivity index (χ4n) is 4.67. The Labute approximate surface area is 174 Å². The Morgan fingerprint density at radius 3 is 2.58 bits per heavy atom. The summed E-state index contributed by atoms with van der Waals surface area (Å²) in [4.78, 5) is 6.98. The molecule has 1 unspecified atom stereocenters. The van der Waals surface area contributed by atoms with Gasteiger partial charge in [-0.25, -0.2) is 0 Å². The maximum absolute atomic E-state index is 5.71. The van der Waals surface area contributed by atoms with Gasteiger partial charge in [-0.1, -0.05) is 6.42 Å². The number of aliphatic imine (C=N–C) groups is 1. The molecule has 1 atom stereocenters. The van der Waals surface area contributed by atoms with Gasteiger partial charge in [-0.3, -0.25) is 9.89 Å². The minimum atomic E-state index is 0. The summed E-state index contributed by atoms with van der Waals surface area (Å²) in [5.41, 5.74) is 0.562. The van der Waals surface area contributed by atoms with Crippen LogP contribution in [0.4, 0.5) is 0 Å². The fourth-order valence-corrected chi connectivity index (χ4v) is 4.67. The molecule has 3 aliphatic rings. The lowest BCUT2D eigenvalue weighted by molar-refractivity contribution is 0.105. The average Bonchev–Trinajstić information content (AvgIpc) is 3.08. The normalized spacial score (nSPS) is 23.8. The maximum Gasteiger partial charge on any atom is 0.191 e. The molecule has 2 N–H and O–H groups in total. The smallest absolute Gasteiger partial charge is 0.191 e. The summed E-state index contributed by atoms with van der Waals surface area (Å²) in [6.07, 6.45) is 11.4. The van der Waals surface area contributed by atoms with E-state index in [1.165, 1.54) is 44.9 Å². The Balaban J connectivity index is 0.00000196. The molecule has 1 aromatic rings. The van der Waals surface area contributed by atoms with Crippen LogP contribution in [-0.2, 0) is 0 Å². The minimum absolute atomic E-state index is 0. The van der Waals surface area contributed by atoms with Crippen molar-refractivity contribution in [2.75, 3.05) is 33.2 Å². The predicted molar refractivity (Wildman–Crippen MR) is 116 cm³/mol. The highest BCUT2D eigenvalue weighted by molar-refractivity contribution is 14.0. The van der Waals surface area contributed by atoms with Crippen molar-refractivity contribution in [3.8, 4) is 0 Å². The topological polar surface area (TPSA) is 52.8 Å². The standard InChI is InChI=1S/C20H32N4O.HI/c1-21-19(23-15-20(9-5-10-20)16-7-8-16)22-14-17(18-6-4-13-25-18)24-11-2-3-12-24;/h4,6,13,16-17H,2-3,5,7-12,14-15H2,1H3,(H2,21,22,23);1H. The number of guanidine groups is 1. The van der Waals surface area contributed by atoms with Gasteiger partial charge in [0, 0.05) is 20.1 Å². The quantitative estimate of drug-likeness (QED) is 0.361. The Kier molecular flexibility index (Phi) is 6.88.